The normalized spacial score (nSPS) is 22.4. The van der Waals surface area contributed by atoms with Gasteiger partial charge in [-0.25, -0.2) is 9.29 Å². The Morgan fingerprint density at radius 1 is 1.00 bits per heavy atom. The molecule has 2 atom stereocenters. The summed E-state index contributed by atoms with van der Waals surface area (Å²) in [6, 6.07) is 11.9. The van der Waals surface area contributed by atoms with Crippen molar-refractivity contribution in [3.63, 3.8) is 0 Å². The lowest BCUT2D eigenvalue weighted by Gasteiger charge is -2.15. The highest BCUT2D eigenvalue weighted by Gasteiger charge is 2.56. The summed E-state index contributed by atoms with van der Waals surface area (Å²) in [5, 5.41) is 4.46. The minimum Gasteiger partial charge on any atom is -0.381 e. The molecule has 1 fully saturated rings. The highest BCUT2D eigenvalue weighted by atomic mass is 35.5. The Morgan fingerprint density at radius 2 is 1.67 bits per heavy atom. The molecular formula is C17H10ClFN2O3. The number of halogens is 2. The van der Waals surface area contributed by atoms with Crippen LogP contribution in [0.5, 0.6) is 0 Å². The van der Waals surface area contributed by atoms with Gasteiger partial charge in [0.05, 0.1) is 5.69 Å². The number of carbonyl (C=O) groups excluding carboxylic acids is 2. The van der Waals surface area contributed by atoms with Crippen LogP contribution in [0.1, 0.15) is 5.56 Å². The van der Waals surface area contributed by atoms with Crippen LogP contribution in [-0.4, -0.2) is 23.6 Å². The number of imide groups is 1. The molecule has 2 aliphatic heterocycles. The van der Waals surface area contributed by atoms with E-state index in [0.717, 1.165) is 4.90 Å². The molecule has 2 heterocycles. The van der Waals surface area contributed by atoms with E-state index < -0.39 is 29.7 Å². The second-order valence-corrected chi connectivity index (χ2v) is 5.91. The summed E-state index contributed by atoms with van der Waals surface area (Å²) in [6.45, 7) is 0. The monoisotopic (exact) mass is 344 g/mol. The first kappa shape index (κ1) is 14.8. The molecule has 0 aromatic heterocycles. The summed E-state index contributed by atoms with van der Waals surface area (Å²) >= 11 is 5.87. The van der Waals surface area contributed by atoms with Crippen LogP contribution in [0.25, 0.3) is 0 Å². The van der Waals surface area contributed by atoms with Crippen LogP contribution in [0.2, 0.25) is 5.02 Å². The van der Waals surface area contributed by atoms with E-state index in [1.807, 2.05) is 0 Å². The first-order chi connectivity index (χ1) is 11.6. The van der Waals surface area contributed by atoms with Gasteiger partial charge in [-0.1, -0.05) is 28.9 Å². The van der Waals surface area contributed by atoms with Gasteiger partial charge in [0, 0.05) is 10.6 Å². The summed E-state index contributed by atoms with van der Waals surface area (Å²) < 4.78 is 13.1. The van der Waals surface area contributed by atoms with Crippen molar-refractivity contribution in [2.75, 3.05) is 4.90 Å². The summed E-state index contributed by atoms with van der Waals surface area (Å²) in [6.07, 6.45) is -0.992. The standard InChI is InChI=1S/C17H10ClFN2O3/c18-10-3-1-9(2-4-10)14-13-15(24-20-14)17(23)21(16(13)22)12-7-5-11(19)6-8-12/h1-8,13,15H/t13-,15-/m1/s1. The third-order valence-corrected chi connectivity index (χ3v) is 4.29. The molecule has 0 bridgehead atoms. The molecule has 0 saturated carbocycles. The van der Waals surface area contributed by atoms with Gasteiger partial charge in [-0.05, 0) is 36.4 Å². The van der Waals surface area contributed by atoms with Crippen molar-refractivity contribution in [3.05, 3.63) is 64.9 Å². The van der Waals surface area contributed by atoms with Crippen molar-refractivity contribution in [2.24, 2.45) is 11.1 Å². The van der Waals surface area contributed by atoms with Gasteiger partial charge in [0.15, 0.2) is 0 Å². The van der Waals surface area contributed by atoms with Crippen LogP contribution in [0.15, 0.2) is 53.7 Å². The fourth-order valence-corrected chi connectivity index (χ4v) is 3.01. The van der Waals surface area contributed by atoms with Crippen molar-refractivity contribution in [1.82, 2.24) is 0 Å². The Labute approximate surface area is 141 Å². The van der Waals surface area contributed by atoms with Crippen LogP contribution in [0, 0.1) is 11.7 Å². The molecule has 0 aliphatic carbocycles. The smallest absolute Gasteiger partial charge is 0.278 e. The van der Waals surface area contributed by atoms with Gasteiger partial charge in [-0.2, -0.15) is 0 Å². The molecule has 0 N–H and O–H groups in total. The van der Waals surface area contributed by atoms with Gasteiger partial charge >= 0.3 is 0 Å². The lowest BCUT2D eigenvalue weighted by Crippen LogP contribution is -2.33. The minimum absolute atomic E-state index is 0.305. The molecule has 1 saturated heterocycles. The lowest BCUT2D eigenvalue weighted by atomic mass is 9.94. The fraction of sp³-hybridized carbons (Fsp3) is 0.118. The molecule has 0 spiro atoms. The van der Waals surface area contributed by atoms with Crippen LogP contribution in [-0.2, 0) is 14.4 Å². The zero-order chi connectivity index (χ0) is 16.8. The van der Waals surface area contributed by atoms with Gasteiger partial charge in [-0.15, -0.1) is 0 Å². The van der Waals surface area contributed by atoms with E-state index in [-0.39, 0.29) is 0 Å². The summed E-state index contributed by atoms with van der Waals surface area (Å²) in [5.41, 5.74) is 1.36. The highest BCUT2D eigenvalue weighted by molar-refractivity contribution is 6.33. The van der Waals surface area contributed by atoms with Crippen molar-refractivity contribution in [2.45, 2.75) is 6.10 Å². The minimum atomic E-state index is -0.992. The van der Waals surface area contributed by atoms with Crippen molar-refractivity contribution in [1.29, 1.82) is 0 Å². The predicted octanol–water partition coefficient (Wildman–Crippen LogP) is 2.77. The zero-order valence-corrected chi connectivity index (χ0v) is 12.9. The third kappa shape index (κ3) is 2.18. The molecule has 24 heavy (non-hydrogen) atoms. The van der Waals surface area contributed by atoms with Crippen molar-refractivity contribution in [3.8, 4) is 0 Å². The Bertz CT molecular complexity index is 864. The van der Waals surface area contributed by atoms with Crippen LogP contribution in [0.4, 0.5) is 10.1 Å². The van der Waals surface area contributed by atoms with E-state index >= 15 is 0 Å². The number of carbonyl (C=O) groups is 2. The quantitative estimate of drug-likeness (QED) is 0.787. The maximum atomic E-state index is 13.1. The van der Waals surface area contributed by atoms with Gasteiger partial charge in [-0.3, -0.25) is 9.59 Å². The summed E-state index contributed by atoms with van der Waals surface area (Å²) in [7, 11) is 0. The van der Waals surface area contributed by atoms with Gasteiger partial charge in [0.2, 0.25) is 12.0 Å². The second-order valence-electron chi connectivity index (χ2n) is 5.48. The van der Waals surface area contributed by atoms with E-state index in [9.17, 15) is 14.0 Å². The molecule has 120 valence electrons. The van der Waals surface area contributed by atoms with Gasteiger partial charge in [0.1, 0.15) is 17.4 Å². The van der Waals surface area contributed by atoms with Crippen molar-refractivity contribution < 1.29 is 18.8 Å². The third-order valence-electron chi connectivity index (χ3n) is 4.04. The average Bonchev–Trinajstić information content (AvgIpc) is 3.11. The predicted molar refractivity (Wildman–Crippen MR) is 85.2 cm³/mol. The van der Waals surface area contributed by atoms with E-state index in [4.69, 9.17) is 16.4 Å². The number of benzene rings is 2. The Kier molecular flexibility index (Phi) is 3.35. The molecular weight excluding hydrogens is 335 g/mol. The number of nitrogens with zero attached hydrogens (tertiary/aromatic N) is 2. The van der Waals surface area contributed by atoms with E-state index in [1.165, 1.54) is 24.3 Å². The summed E-state index contributed by atoms with van der Waals surface area (Å²) in [5.74, 6) is -2.21. The first-order valence-corrected chi connectivity index (χ1v) is 7.57. The largest absolute Gasteiger partial charge is 0.381 e. The SMILES string of the molecule is O=C1[C@@H]2C(c3ccc(Cl)cc3)=NO[C@H]2C(=O)N1c1ccc(F)cc1. The maximum Gasteiger partial charge on any atom is 0.278 e. The van der Waals surface area contributed by atoms with E-state index in [2.05, 4.69) is 5.16 Å². The Morgan fingerprint density at radius 3 is 2.33 bits per heavy atom. The number of rotatable bonds is 2. The maximum absolute atomic E-state index is 13.1. The molecule has 2 aliphatic rings. The Hall–Kier alpha value is -2.73. The van der Waals surface area contributed by atoms with Gasteiger partial charge in [0.25, 0.3) is 5.91 Å². The number of oxime groups is 1. The van der Waals surface area contributed by atoms with Crippen LogP contribution in [0.3, 0.4) is 0 Å². The van der Waals surface area contributed by atoms with Gasteiger partial charge < -0.3 is 4.84 Å². The molecule has 2 amide bonds. The molecule has 0 radical (unpaired) electrons. The number of hydrogen-bond donors (Lipinski definition) is 0. The van der Waals surface area contributed by atoms with Crippen LogP contribution < -0.4 is 4.90 Å². The first-order valence-electron chi connectivity index (χ1n) is 7.19. The topological polar surface area (TPSA) is 59.0 Å². The van der Waals surface area contributed by atoms with E-state index in [1.54, 1.807) is 24.3 Å². The number of amides is 2. The fourth-order valence-electron chi connectivity index (χ4n) is 2.88. The molecule has 7 heteroatoms. The number of fused-ring (bicyclic) bond motifs is 1. The van der Waals surface area contributed by atoms with Crippen molar-refractivity contribution >= 4 is 34.8 Å². The number of hydrogen-bond acceptors (Lipinski definition) is 4. The summed E-state index contributed by atoms with van der Waals surface area (Å²) in [4.78, 5) is 31.5. The molecule has 5 nitrogen and oxygen atoms in total. The Balaban J connectivity index is 1.69. The molecule has 2 aromatic carbocycles. The van der Waals surface area contributed by atoms with Crippen LogP contribution >= 0.6 is 11.6 Å². The average molecular weight is 345 g/mol. The molecule has 0 unspecified atom stereocenters. The molecule has 2 aromatic rings. The zero-order valence-electron chi connectivity index (χ0n) is 12.1. The highest BCUT2D eigenvalue weighted by Crippen LogP contribution is 2.35. The molecule has 4 rings (SSSR count). The van der Waals surface area contributed by atoms with E-state index in [0.29, 0.717) is 22.0 Å². The number of anilines is 1. The second kappa shape index (κ2) is 5.42. The lowest BCUT2D eigenvalue weighted by molar-refractivity contribution is -0.126.